The molecule has 0 unspecified atom stereocenters. The first-order chi connectivity index (χ1) is 9.20. The van der Waals surface area contributed by atoms with Crippen molar-refractivity contribution in [2.45, 2.75) is 6.42 Å². The summed E-state index contributed by atoms with van der Waals surface area (Å²) in [5, 5.41) is 12.9. The Bertz CT molecular complexity index is 520. The van der Waals surface area contributed by atoms with Crippen molar-refractivity contribution in [3.05, 3.63) is 48.3 Å². The maximum absolute atomic E-state index is 11.8. The summed E-state index contributed by atoms with van der Waals surface area (Å²) in [6, 6.07) is 9.56. The third-order valence-electron chi connectivity index (χ3n) is 2.92. The fourth-order valence-corrected chi connectivity index (χ4v) is 1.77. The minimum atomic E-state index is -0.0134. The van der Waals surface area contributed by atoms with Gasteiger partial charge in [0.25, 0.3) is 0 Å². The number of amides is 1. The molecule has 0 spiro atoms. The highest BCUT2D eigenvalue weighted by atomic mass is 16.3. The predicted molar refractivity (Wildman–Crippen MR) is 72.0 cm³/mol. The Morgan fingerprint density at radius 3 is 2.68 bits per heavy atom. The first kappa shape index (κ1) is 13.3. The van der Waals surface area contributed by atoms with Crippen LogP contribution in [-0.2, 0) is 11.2 Å². The molecule has 5 nitrogen and oxygen atoms in total. The van der Waals surface area contributed by atoms with Crippen LogP contribution in [0.2, 0.25) is 0 Å². The Balaban J connectivity index is 2.01. The number of benzene rings is 1. The topological polar surface area (TPSA) is 58.4 Å². The van der Waals surface area contributed by atoms with Crippen LogP contribution in [0.5, 0.6) is 0 Å². The average molecular weight is 259 g/mol. The second kappa shape index (κ2) is 6.15. The molecular formula is C14H17N3O2. The van der Waals surface area contributed by atoms with Gasteiger partial charge in [0.2, 0.25) is 5.91 Å². The Labute approximate surface area is 112 Å². The van der Waals surface area contributed by atoms with E-state index in [1.807, 2.05) is 36.5 Å². The number of nitrogens with zero attached hydrogens (tertiary/aromatic N) is 3. The van der Waals surface area contributed by atoms with Crippen LogP contribution in [0.15, 0.2) is 42.7 Å². The first-order valence-electron chi connectivity index (χ1n) is 6.14. The molecule has 100 valence electrons. The van der Waals surface area contributed by atoms with Crippen LogP contribution in [-0.4, -0.2) is 45.9 Å². The van der Waals surface area contributed by atoms with E-state index in [2.05, 4.69) is 5.10 Å². The van der Waals surface area contributed by atoms with Crippen LogP contribution < -0.4 is 0 Å². The fourth-order valence-electron chi connectivity index (χ4n) is 1.77. The van der Waals surface area contributed by atoms with E-state index in [-0.39, 0.29) is 12.5 Å². The van der Waals surface area contributed by atoms with E-state index in [1.165, 1.54) is 4.90 Å². The highest BCUT2D eigenvalue weighted by molar-refractivity contribution is 5.78. The molecular weight excluding hydrogens is 242 g/mol. The van der Waals surface area contributed by atoms with Gasteiger partial charge in [0.05, 0.1) is 18.7 Å². The summed E-state index contributed by atoms with van der Waals surface area (Å²) in [5.74, 6) is 0.000823. The molecule has 0 saturated carbocycles. The molecule has 1 heterocycles. The van der Waals surface area contributed by atoms with E-state index < -0.39 is 0 Å². The van der Waals surface area contributed by atoms with Gasteiger partial charge in [0, 0.05) is 26.0 Å². The number of carbonyl (C=O) groups excluding carboxylic acids is 1. The molecule has 1 amide bonds. The molecule has 0 aliphatic heterocycles. The fraction of sp³-hybridized carbons (Fsp3) is 0.286. The van der Waals surface area contributed by atoms with Gasteiger partial charge in [-0.1, -0.05) is 12.1 Å². The minimum Gasteiger partial charge on any atom is -0.395 e. The normalized spacial score (nSPS) is 10.4. The smallest absolute Gasteiger partial charge is 0.226 e. The van der Waals surface area contributed by atoms with Crippen molar-refractivity contribution in [3.63, 3.8) is 0 Å². The van der Waals surface area contributed by atoms with Gasteiger partial charge in [0.15, 0.2) is 0 Å². The second-order valence-electron chi connectivity index (χ2n) is 4.33. The van der Waals surface area contributed by atoms with Crippen molar-refractivity contribution in [2.75, 3.05) is 20.2 Å². The lowest BCUT2D eigenvalue weighted by Gasteiger charge is -2.15. The van der Waals surface area contributed by atoms with Gasteiger partial charge in [-0.15, -0.1) is 0 Å². The van der Waals surface area contributed by atoms with Gasteiger partial charge < -0.3 is 10.0 Å². The summed E-state index contributed by atoms with van der Waals surface area (Å²) >= 11 is 0. The summed E-state index contributed by atoms with van der Waals surface area (Å²) in [5.41, 5.74) is 1.91. The number of carbonyl (C=O) groups is 1. The molecule has 2 aromatic rings. The molecule has 19 heavy (non-hydrogen) atoms. The lowest BCUT2D eigenvalue weighted by molar-refractivity contribution is -0.129. The molecule has 0 aliphatic carbocycles. The minimum absolute atomic E-state index is 0.000823. The SMILES string of the molecule is CN(CCO)C(=O)Cc1ccc(-n2cccn2)cc1. The number of rotatable bonds is 5. The number of aliphatic hydroxyl groups is 1. The van der Waals surface area contributed by atoms with Gasteiger partial charge in [-0.3, -0.25) is 4.79 Å². The Hall–Kier alpha value is -2.14. The molecule has 1 N–H and O–H groups in total. The molecule has 1 aromatic carbocycles. The lowest BCUT2D eigenvalue weighted by atomic mass is 10.1. The quantitative estimate of drug-likeness (QED) is 0.866. The third kappa shape index (κ3) is 3.42. The van der Waals surface area contributed by atoms with E-state index in [4.69, 9.17) is 5.11 Å². The van der Waals surface area contributed by atoms with Crippen LogP contribution in [0.1, 0.15) is 5.56 Å². The second-order valence-corrected chi connectivity index (χ2v) is 4.33. The summed E-state index contributed by atoms with van der Waals surface area (Å²) < 4.78 is 1.77. The summed E-state index contributed by atoms with van der Waals surface area (Å²) in [4.78, 5) is 13.3. The molecule has 0 aliphatic rings. The molecule has 1 aromatic heterocycles. The van der Waals surface area contributed by atoms with E-state index >= 15 is 0 Å². The average Bonchev–Trinajstić information content (AvgIpc) is 2.94. The standard InChI is InChI=1S/C14H17N3O2/c1-16(9-10-18)14(19)11-12-3-5-13(6-4-12)17-8-2-7-15-17/h2-8,18H,9-11H2,1H3. The Morgan fingerprint density at radius 2 is 2.11 bits per heavy atom. The molecule has 5 heteroatoms. The third-order valence-corrected chi connectivity index (χ3v) is 2.92. The zero-order chi connectivity index (χ0) is 13.7. The van der Waals surface area contributed by atoms with E-state index in [9.17, 15) is 4.79 Å². The Morgan fingerprint density at radius 1 is 1.37 bits per heavy atom. The lowest BCUT2D eigenvalue weighted by Crippen LogP contribution is -2.30. The van der Waals surface area contributed by atoms with E-state index in [0.29, 0.717) is 13.0 Å². The first-order valence-corrected chi connectivity index (χ1v) is 6.14. The van der Waals surface area contributed by atoms with Crippen LogP contribution >= 0.6 is 0 Å². The van der Waals surface area contributed by atoms with Crippen LogP contribution in [0.3, 0.4) is 0 Å². The van der Waals surface area contributed by atoms with Crippen molar-refractivity contribution in [1.82, 2.24) is 14.7 Å². The van der Waals surface area contributed by atoms with Gasteiger partial charge in [0.1, 0.15) is 0 Å². The molecule has 0 radical (unpaired) electrons. The van der Waals surface area contributed by atoms with Crippen molar-refractivity contribution < 1.29 is 9.90 Å². The maximum atomic E-state index is 11.8. The van der Waals surface area contributed by atoms with Gasteiger partial charge in [-0.2, -0.15) is 5.10 Å². The van der Waals surface area contributed by atoms with Crippen LogP contribution in [0.25, 0.3) is 5.69 Å². The van der Waals surface area contributed by atoms with Crippen molar-refractivity contribution in [2.24, 2.45) is 0 Å². The van der Waals surface area contributed by atoms with Crippen LogP contribution in [0, 0.1) is 0 Å². The predicted octanol–water partition coefficient (Wildman–Crippen LogP) is 0.865. The molecule has 0 atom stereocenters. The van der Waals surface area contributed by atoms with Gasteiger partial charge in [-0.05, 0) is 23.8 Å². The van der Waals surface area contributed by atoms with Crippen molar-refractivity contribution in [1.29, 1.82) is 0 Å². The van der Waals surface area contributed by atoms with Crippen molar-refractivity contribution in [3.8, 4) is 5.69 Å². The summed E-state index contributed by atoms with van der Waals surface area (Å²) in [6.07, 6.45) is 3.94. The number of aromatic nitrogens is 2. The number of likely N-dealkylation sites (N-methyl/N-ethyl adjacent to an activating group) is 1. The monoisotopic (exact) mass is 259 g/mol. The highest BCUT2D eigenvalue weighted by Crippen LogP contribution is 2.09. The van der Waals surface area contributed by atoms with E-state index in [1.54, 1.807) is 17.9 Å². The number of hydrogen-bond donors (Lipinski definition) is 1. The van der Waals surface area contributed by atoms with Gasteiger partial charge in [-0.25, -0.2) is 4.68 Å². The molecule has 0 saturated heterocycles. The van der Waals surface area contributed by atoms with Crippen LogP contribution in [0.4, 0.5) is 0 Å². The summed E-state index contributed by atoms with van der Waals surface area (Å²) in [7, 11) is 1.69. The largest absolute Gasteiger partial charge is 0.395 e. The number of aliphatic hydroxyl groups excluding tert-OH is 1. The molecule has 0 bridgehead atoms. The van der Waals surface area contributed by atoms with Crippen molar-refractivity contribution >= 4 is 5.91 Å². The molecule has 0 fully saturated rings. The molecule has 2 rings (SSSR count). The Kier molecular flexibility index (Phi) is 4.30. The number of hydrogen-bond acceptors (Lipinski definition) is 3. The summed E-state index contributed by atoms with van der Waals surface area (Å²) in [6.45, 7) is 0.352. The zero-order valence-corrected chi connectivity index (χ0v) is 10.9. The zero-order valence-electron chi connectivity index (χ0n) is 10.9. The highest BCUT2D eigenvalue weighted by Gasteiger charge is 2.08. The van der Waals surface area contributed by atoms with Gasteiger partial charge >= 0.3 is 0 Å². The maximum Gasteiger partial charge on any atom is 0.226 e. The van der Waals surface area contributed by atoms with E-state index in [0.717, 1.165) is 11.3 Å².